The third-order valence-electron chi connectivity index (χ3n) is 4.04. The third-order valence-corrected chi connectivity index (χ3v) is 4.32. The molecule has 0 atom stereocenters. The maximum atomic E-state index is 12.7. The first-order valence-corrected chi connectivity index (χ1v) is 8.31. The van der Waals surface area contributed by atoms with Gasteiger partial charge in [0.15, 0.2) is 0 Å². The van der Waals surface area contributed by atoms with Crippen LogP contribution in [0.3, 0.4) is 0 Å². The summed E-state index contributed by atoms with van der Waals surface area (Å²) in [6.07, 6.45) is -3.71. The van der Waals surface area contributed by atoms with Gasteiger partial charge < -0.3 is 15.1 Å². The number of hydrogen-bond donors (Lipinski definition) is 1. The van der Waals surface area contributed by atoms with E-state index in [1.807, 2.05) is 18.2 Å². The number of halogens is 4. The van der Waals surface area contributed by atoms with Crippen molar-refractivity contribution in [1.29, 1.82) is 0 Å². The van der Waals surface area contributed by atoms with Gasteiger partial charge in [-0.05, 0) is 18.2 Å². The Morgan fingerprint density at radius 1 is 1.12 bits per heavy atom. The Morgan fingerprint density at radius 2 is 1.77 bits per heavy atom. The molecule has 0 aliphatic carbocycles. The van der Waals surface area contributed by atoms with Crippen molar-refractivity contribution in [2.24, 2.45) is 0 Å². The van der Waals surface area contributed by atoms with Gasteiger partial charge >= 0.3 is 12.2 Å². The molecule has 1 fully saturated rings. The second-order valence-corrected chi connectivity index (χ2v) is 6.20. The molecule has 2 aromatic rings. The molecule has 0 bridgehead atoms. The fraction of sp³-hybridized carbons (Fsp3) is 0.294. The van der Waals surface area contributed by atoms with Crippen LogP contribution in [0.4, 0.5) is 29.5 Å². The molecule has 26 heavy (non-hydrogen) atoms. The summed E-state index contributed by atoms with van der Waals surface area (Å²) in [4.78, 5) is 19.5. The van der Waals surface area contributed by atoms with Gasteiger partial charge in [-0.3, -0.25) is 0 Å². The lowest BCUT2D eigenvalue weighted by Crippen LogP contribution is -2.50. The van der Waals surface area contributed by atoms with Crippen LogP contribution in [-0.2, 0) is 6.18 Å². The minimum Gasteiger partial charge on any atom is -0.352 e. The fourth-order valence-corrected chi connectivity index (χ4v) is 2.95. The van der Waals surface area contributed by atoms with Crippen LogP contribution < -0.4 is 10.2 Å². The van der Waals surface area contributed by atoms with E-state index in [0.29, 0.717) is 37.7 Å². The van der Waals surface area contributed by atoms with Gasteiger partial charge in [-0.1, -0.05) is 29.8 Å². The van der Waals surface area contributed by atoms with E-state index in [0.717, 1.165) is 12.3 Å². The molecule has 2 heterocycles. The van der Waals surface area contributed by atoms with E-state index in [9.17, 15) is 18.0 Å². The van der Waals surface area contributed by atoms with Crippen LogP contribution in [0.1, 0.15) is 5.56 Å². The van der Waals surface area contributed by atoms with E-state index in [2.05, 4.69) is 10.3 Å². The van der Waals surface area contributed by atoms with Crippen molar-refractivity contribution in [2.75, 3.05) is 36.4 Å². The molecule has 1 saturated heterocycles. The van der Waals surface area contributed by atoms with Crippen LogP contribution in [0.5, 0.6) is 0 Å². The topological polar surface area (TPSA) is 48.5 Å². The summed E-state index contributed by atoms with van der Waals surface area (Å²) in [5, 5.41) is 2.75. The Labute approximate surface area is 153 Å². The van der Waals surface area contributed by atoms with E-state index in [1.165, 1.54) is 0 Å². The van der Waals surface area contributed by atoms with E-state index < -0.39 is 11.7 Å². The summed E-state index contributed by atoms with van der Waals surface area (Å²) in [5.41, 5.74) is -0.181. The Bertz CT molecular complexity index is 777. The quantitative estimate of drug-likeness (QED) is 0.847. The molecule has 1 N–H and O–H groups in total. The van der Waals surface area contributed by atoms with Gasteiger partial charge in [-0.25, -0.2) is 9.78 Å². The number of para-hydroxylation sites is 1. The number of alkyl halides is 3. The Balaban J connectivity index is 1.61. The molecule has 0 spiro atoms. The largest absolute Gasteiger partial charge is 0.417 e. The van der Waals surface area contributed by atoms with Crippen LogP contribution in [0.25, 0.3) is 0 Å². The minimum absolute atomic E-state index is 0.0537. The molecule has 1 aliphatic heterocycles. The van der Waals surface area contributed by atoms with Gasteiger partial charge in [0.2, 0.25) is 0 Å². The van der Waals surface area contributed by atoms with Gasteiger partial charge in [0.05, 0.1) is 10.6 Å². The summed E-state index contributed by atoms with van der Waals surface area (Å²) in [5.74, 6) is 0.294. The van der Waals surface area contributed by atoms with Crippen molar-refractivity contribution in [1.82, 2.24) is 9.88 Å². The number of amides is 2. The normalized spacial score (nSPS) is 15.1. The van der Waals surface area contributed by atoms with Crippen molar-refractivity contribution < 1.29 is 18.0 Å². The number of benzene rings is 1. The van der Waals surface area contributed by atoms with Gasteiger partial charge in [0, 0.05) is 38.1 Å². The fourth-order valence-electron chi connectivity index (χ4n) is 2.66. The molecule has 0 saturated carbocycles. The average Bonchev–Trinajstić information content (AvgIpc) is 2.62. The lowest BCUT2D eigenvalue weighted by atomic mass is 10.2. The van der Waals surface area contributed by atoms with E-state index >= 15 is 0 Å². The molecule has 138 valence electrons. The molecular formula is C17H16ClF3N4O. The number of urea groups is 1. The molecule has 1 aliphatic rings. The van der Waals surface area contributed by atoms with Gasteiger partial charge in [0.25, 0.3) is 0 Å². The van der Waals surface area contributed by atoms with Crippen LogP contribution in [0.2, 0.25) is 5.02 Å². The Morgan fingerprint density at radius 3 is 2.35 bits per heavy atom. The standard InChI is InChI=1S/C17H16ClF3N4O/c18-14-10-12(17(19,20)21)11-22-15(14)24-6-8-25(9-7-24)16(26)23-13-4-2-1-3-5-13/h1-5,10-11H,6-9H2,(H,23,26). The second kappa shape index (κ2) is 7.41. The lowest BCUT2D eigenvalue weighted by molar-refractivity contribution is -0.137. The number of carbonyl (C=O) groups is 1. The average molecular weight is 385 g/mol. The van der Waals surface area contributed by atoms with Crippen molar-refractivity contribution in [3.8, 4) is 0 Å². The zero-order chi connectivity index (χ0) is 18.7. The maximum Gasteiger partial charge on any atom is 0.417 e. The van der Waals surface area contributed by atoms with E-state index in [1.54, 1.807) is 21.9 Å². The number of aromatic nitrogens is 1. The van der Waals surface area contributed by atoms with E-state index in [-0.39, 0.29) is 11.1 Å². The summed E-state index contributed by atoms with van der Waals surface area (Å²) < 4.78 is 38.1. The summed E-state index contributed by atoms with van der Waals surface area (Å²) >= 11 is 5.98. The zero-order valence-corrected chi connectivity index (χ0v) is 14.4. The lowest BCUT2D eigenvalue weighted by Gasteiger charge is -2.35. The van der Waals surface area contributed by atoms with Crippen LogP contribution in [-0.4, -0.2) is 42.1 Å². The molecule has 3 rings (SSSR count). The molecular weight excluding hydrogens is 369 g/mol. The van der Waals surface area contributed by atoms with Crippen molar-refractivity contribution in [2.45, 2.75) is 6.18 Å². The van der Waals surface area contributed by atoms with E-state index in [4.69, 9.17) is 11.6 Å². The van der Waals surface area contributed by atoms with Gasteiger partial charge in [-0.2, -0.15) is 13.2 Å². The van der Waals surface area contributed by atoms with Gasteiger partial charge in [0.1, 0.15) is 5.82 Å². The highest BCUT2D eigenvalue weighted by Crippen LogP contribution is 2.33. The highest BCUT2D eigenvalue weighted by Gasteiger charge is 2.32. The first kappa shape index (κ1) is 18.3. The third kappa shape index (κ3) is 4.19. The van der Waals surface area contributed by atoms with Crippen LogP contribution in [0.15, 0.2) is 42.6 Å². The van der Waals surface area contributed by atoms with Crippen LogP contribution in [0, 0.1) is 0 Å². The summed E-state index contributed by atoms with van der Waals surface area (Å²) in [7, 11) is 0. The number of rotatable bonds is 2. The molecule has 9 heteroatoms. The predicted octanol–water partition coefficient (Wildman–Crippen LogP) is 4.11. The second-order valence-electron chi connectivity index (χ2n) is 5.80. The maximum absolute atomic E-state index is 12.7. The molecule has 0 radical (unpaired) electrons. The molecule has 0 unspecified atom stereocenters. The van der Waals surface area contributed by atoms with Crippen molar-refractivity contribution in [3.05, 3.63) is 53.2 Å². The summed E-state index contributed by atoms with van der Waals surface area (Å²) in [6.45, 7) is 1.69. The number of nitrogens with one attached hydrogen (secondary N) is 1. The smallest absolute Gasteiger partial charge is 0.352 e. The number of pyridine rings is 1. The number of piperazine rings is 1. The summed E-state index contributed by atoms with van der Waals surface area (Å²) in [6, 6.07) is 9.74. The molecule has 1 aromatic heterocycles. The Kier molecular flexibility index (Phi) is 5.22. The van der Waals surface area contributed by atoms with Crippen molar-refractivity contribution >= 4 is 29.1 Å². The monoisotopic (exact) mass is 384 g/mol. The SMILES string of the molecule is O=C(Nc1ccccc1)N1CCN(c2ncc(C(F)(F)F)cc2Cl)CC1. The highest BCUT2D eigenvalue weighted by molar-refractivity contribution is 6.33. The molecule has 2 amide bonds. The van der Waals surface area contributed by atoms with Crippen LogP contribution >= 0.6 is 11.6 Å². The first-order valence-electron chi connectivity index (χ1n) is 7.93. The minimum atomic E-state index is -4.48. The number of hydrogen-bond acceptors (Lipinski definition) is 3. The highest BCUT2D eigenvalue weighted by atomic mass is 35.5. The zero-order valence-electron chi connectivity index (χ0n) is 13.6. The number of carbonyl (C=O) groups excluding carboxylic acids is 1. The van der Waals surface area contributed by atoms with Gasteiger partial charge in [-0.15, -0.1) is 0 Å². The van der Waals surface area contributed by atoms with Crippen molar-refractivity contribution in [3.63, 3.8) is 0 Å². The molecule has 5 nitrogen and oxygen atoms in total. The first-order chi connectivity index (χ1) is 12.3. The number of anilines is 2. The Hall–Kier alpha value is -2.48. The predicted molar refractivity (Wildman–Crippen MR) is 93.5 cm³/mol. The molecule has 1 aromatic carbocycles. The number of nitrogens with zero attached hydrogens (tertiary/aromatic N) is 3.